The topological polar surface area (TPSA) is 44.4 Å². The van der Waals surface area contributed by atoms with Gasteiger partial charge in [0.25, 0.3) is 5.91 Å². The van der Waals surface area contributed by atoms with E-state index in [1.165, 1.54) is 32.4 Å². The van der Waals surface area contributed by atoms with Crippen molar-refractivity contribution in [3.63, 3.8) is 0 Å². The highest BCUT2D eigenvalue weighted by atomic mass is 35.5. The number of nitrogens with zero attached hydrogens (tertiary/aromatic N) is 1. The van der Waals surface area contributed by atoms with E-state index in [0.29, 0.717) is 16.6 Å². The van der Waals surface area contributed by atoms with Crippen molar-refractivity contribution in [1.82, 2.24) is 10.2 Å². The molecule has 2 aliphatic heterocycles. The first-order chi connectivity index (χ1) is 10.2. The molecular weight excluding hydrogens is 286 g/mol. The zero-order chi connectivity index (χ0) is 14.8. The van der Waals surface area contributed by atoms with Crippen LogP contribution in [0.15, 0.2) is 18.2 Å². The van der Waals surface area contributed by atoms with Gasteiger partial charge in [0.2, 0.25) is 0 Å². The molecule has 3 rings (SSSR count). The van der Waals surface area contributed by atoms with Crippen molar-refractivity contribution in [3.8, 4) is 0 Å². The molecule has 21 heavy (non-hydrogen) atoms. The van der Waals surface area contributed by atoms with Crippen molar-refractivity contribution >= 4 is 23.2 Å². The highest BCUT2D eigenvalue weighted by molar-refractivity contribution is 6.34. The van der Waals surface area contributed by atoms with Crippen LogP contribution < -0.4 is 10.6 Å². The summed E-state index contributed by atoms with van der Waals surface area (Å²) in [6, 6.07) is 6.82. The number of carbonyl (C=O) groups is 1. The minimum Gasteiger partial charge on any atom is -0.382 e. The van der Waals surface area contributed by atoms with E-state index < -0.39 is 0 Å². The van der Waals surface area contributed by atoms with Gasteiger partial charge in [-0.15, -0.1) is 0 Å². The number of anilines is 1. The van der Waals surface area contributed by atoms with Gasteiger partial charge in [-0.1, -0.05) is 11.6 Å². The predicted molar refractivity (Wildman–Crippen MR) is 86.1 cm³/mol. The van der Waals surface area contributed by atoms with Crippen molar-refractivity contribution in [2.45, 2.75) is 37.8 Å². The van der Waals surface area contributed by atoms with Gasteiger partial charge >= 0.3 is 0 Å². The van der Waals surface area contributed by atoms with Crippen LogP contribution in [-0.2, 0) is 0 Å². The molecule has 2 fully saturated rings. The number of rotatable bonds is 3. The summed E-state index contributed by atoms with van der Waals surface area (Å²) in [7, 11) is 1.62. The van der Waals surface area contributed by atoms with Crippen LogP contribution in [-0.4, -0.2) is 43.0 Å². The van der Waals surface area contributed by atoms with Crippen molar-refractivity contribution in [2.24, 2.45) is 0 Å². The van der Waals surface area contributed by atoms with Crippen LogP contribution in [0.25, 0.3) is 0 Å². The molecular formula is C16H22ClN3O. The molecule has 1 aromatic rings. The molecule has 0 saturated carbocycles. The lowest BCUT2D eigenvalue weighted by atomic mass is 9.97. The minimum absolute atomic E-state index is 0.144. The first-order valence-electron chi connectivity index (χ1n) is 7.69. The first-order valence-corrected chi connectivity index (χ1v) is 8.07. The van der Waals surface area contributed by atoms with E-state index in [0.717, 1.165) is 18.2 Å². The van der Waals surface area contributed by atoms with Crippen LogP contribution in [0.2, 0.25) is 5.02 Å². The second-order valence-corrected chi connectivity index (χ2v) is 6.38. The summed E-state index contributed by atoms with van der Waals surface area (Å²) in [6.07, 6.45) is 5.01. The van der Waals surface area contributed by atoms with Crippen LogP contribution >= 0.6 is 11.6 Å². The van der Waals surface area contributed by atoms with Gasteiger partial charge in [0.15, 0.2) is 0 Å². The second-order valence-electron chi connectivity index (χ2n) is 5.97. The molecule has 114 valence electrons. The van der Waals surface area contributed by atoms with Gasteiger partial charge in [0.05, 0.1) is 10.6 Å². The SMILES string of the molecule is CNC(=O)c1cc(NC2CCN3CCCC3C2)ccc1Cl. The lowest BCUT2D eigenvalue weighted by Gasteiger charge is -2.35. The van der Waals surface area contributed by atoms with E-state index in [9.17, 15) is 4.79 Å². The van der Waals surface area contributed by atoms with E-state index in [4.69, 9.17) is 11.6 Å². The summed E-state index contributed by atoms with van der Waals surface area (Å²) < 4.78 is 0. The average Bonchev–Trinajstić information content (AvgIpc) is 2.96. The van der Waals surface area contributed by atoms with E-state index in [1.807, 2.05) is 12.1 Å². The van der Waals surface area contributed by atoms with E-state index in [1.54, 1.807) is 13.1 Å². The van der Waals surface area contributed by atoms with Crippen LogP contribution in [0, 0.1) is 0 Å². The molecule has 1 aromatic carbocycles. The van der Waals surface area contributed by atoms with Gasteiger partial charge in [-0.25, -0.2) is 0 Å². The third kappa shape index (κ3) is 3.16. The fourth-order valence-corrected chi connectivity index (χ4v) is 3.72. The third-order valence-electron chi connectivity index (χ3n) is 4.63. The van der Waals surface area contributed by atoms with Gasteiger partial charge in [0, 0.05) is 31.4 Å². The number of amides is 1. The quantitative estimate of drug-likeness (QED) is 0.902. The molecule has 2 aliphatic rings. The molecule has 1 amide bonds. The Morgan fingerprint density at radius 1 is 1.33 bits per heavy atom. The van der Waals surface area contributed by atoms with E-state index in [2.05, 4.69) is 15.5 Å². The third-order valence-corrected chi connectivity index (χ3v) is 4.96. The Kier molecular flexibility index (Phi) is 4.36. The lowest BCUT2D eigenvalue weighted by molar-refractivity contribution is 0.0963. The largest absolute Gasteiger partial charge is 0.382 e. The first kappa shape index (κ1) is 14.7. The zero-order valence-corrected chi connectivity index (χ0v) is 13.1. The summed E-state index contributed by atoms with van der Waals surface area (Å²) >= 11 is 6.09. The predicted octanol–water partition coefficient (Wildman–Crippen LogP) is 2.74. The Balaban J connectivity index is 1.69. The highest BCUT2D eigenvalue weighted by Crippen LogP contribution is 2.29. The molecule has 4 nitrogen and oxygen atoms in total. The Morgan fingerprint density at radius 2 is 2.19 bits per heavy atom. The maximum atomic E-state index is 11.8. The average molecular weight is 308 g/mol. The molecule has 2 unspecified atom stereocenters. The van der Waals surface area contributed by atoms with Gasteiger partial charge < -0.3 is 15.5 Å². The summed E-state index contributed by atoms with van der Waals surface area (Å²) in [5, 5.41) is 6.69. The zero-order valence-electron chi connectivity index (χ0n) is 12.4. The number of piperidine rings is 1. The molecule has 0 radical (unpaired) electrons. The van der Waals surface area contributed by atoms with Gasteiger partial charge in [-0.05, 0) is 50.4 Å². The second kappa shape index (κ2) is 6.24. The fourth-order valence-electron chi connectivity index (χ4n) is 3.51. The normalized spacial score (nSPS) is 25.4. The van der Waals surface area contributed by atoms with Crippen molar-refractivity contribution in [2.75, 3.05) is 25.5 Å². The Hall–Kier alpha value is -1.26. The number of nitrogens with one attached hydrogen (secondary N) is 2. The van der Waals surface area contributed by atoms with Gasteiger partial charge in [-0.3, -0.25) is 4.79 Å². The number of hydrogen-bond donors (Lipinski definition) is 2. The number of fused-ring (bicyclic) bond motifs is 1. The maximum absolute atomic E-state index is 11.8. The van der Waals surface area contributed by atoms with Crippen LogP contribution in [0.4, 0.5) is 5.69 Å². The van der Waals surface area contributed by atoms with E-state index in [-0.39, 0.29) is 5.91 Å². The summed E-state index contributed by atoms with van der Waals surface area (Å²) in [5.41, 5.74) is 1.51. The maximum Gasteiger partial charge on any atom is 0.252 e. The molecule has 2 heterocycles. The monoisotopic (exact) mass is 307 g/mol. The fraction of sp³-hybridized carbons (Fsp3) is 0.562. The molecule has 0 spiro atoms. The van der Waals surface area contributed by atoms with Crippen LogP contribution in [0.3, 0.4) is 0 Å². The molecule has 2 atom stereocenters. The molecule has 5 heteroatoms. The highest BCUT2D eigenvalue weighted by Gasteiger charge is 2.31. The molecule has 2 N–H and O–H groups in total. The van der Waals surface area contributed by atoms with Crippen molar-refractivity contribution in [1.29, 1.82) is 0 Å². The molecule has 0 bridgehead atoms. The Morgan fingerprint density at radius 3 is 3.00 bits per heavy atom. The summed E-state index contributed by atoms with van der Waals surface area (Å²) in [6.45, 7) is 2.44. The van der Waals surface area contributed by atoms with Crippen LogP contribution in [0.1, 0.15) is 36.0 Å². The number of benzene rings is 1. The lowest BCUT2D eigenvalue weighted by Crippen LogP contribution is -2.42. The van der Waals surface area contributed by atoms with Gasteiger partial charge in [0.1, 0.15) is 0 Å². The Bertz CT molecular complexity index is 534. The summed E-state index contributed by atoms with van der Waals surface area (Å²) in [4.78, 5) is 14.4. The van der Waals surface area contributed by atoms with Crippen LogP contribution in [0.5, 0.6) is 0 Å². The number of carbonyl (C=O) groups excluding carboxylic acids is 1. The Labute approximate surface area is 130 Å². The van der Waals surface area contributed by atoms with Crippen molar-refractivity contribution in [3.05, 3.63) is 28.8 Å². The molecule has 0 aromatic heterocycles. The van der Waals surface area contributed by atoms with Gasteiger partial charge in [-0.2, -0.15) is 0 Å². The summed E-state index contributed by atoms with van der Waals surface area (Å²) in [5.74, 6) is -0.144. The van der Waals surface area contributed by atoms with Crippen molar-refractivity contribution < 1.29 is 4.79 Å². The molecule has 0 aliphatic carbocycles. The number of hydrogen-bond acceptors (Lipinski definition) is 3. The van der Waals surface area contributed by atoms with E-state index >= 15 is 0 Å². The molecule has 2 saturated heterocycles. The minimum atomic E-state index is -0.144. The number of halogens is 1. The standard InChI is InChI=1S/C16H22ClN3O/c1-18-16(21)14-10-11(4-5-15(14)17)19-12-6-8-20-7-2-3-13(20)9-12/h4-5,10,12-13,19H,2-3,6-9H2,1H3,(H,18,21). The smallest absolute Gasteiger partial charge is 0.252 e.